The van der Waals surface area contributed by atoms with Crippen LogP contribution in [0.15, 0.2) is 36.4 Å². The highest BCUT2D eigenvalue weighted by Gasteiger charge is 2.15. The van der Waals surface area contributed by atoms with Gasteiger partial charge in [-0.15, -0.1) is 0 Å². The topological polar surface area (TPSA) is 39.2 Å². The summed E-state index contributed by atoms with van der Waals surface area (Å²) >= 11 is 9.46. The molecule has 0 aliphatic carbocycles. The lowest BCUT2D eigenvalue weighted by Crippen LogP contribution is -2.08. The molecular weight excluding hydrogens is 330 g/mol. The zero-order valence-electron chi connectivity index (χ0n) is 10.2. The van der Waals surface area contributed by atoms with Gasteiger partial charge >= 0.3 is 5.97 Å². The highest BCUT2D eigenvalue weighted by Crippen LogP contribution is 2.27. The van der Waals surface area contributed by atoms with Gasteiger partial charge in [0.25, 0.3) is 0 Å². The summed E-state index contributed by atoms with van der Waals surface area (Å²) in [6.45, 7) is 0. The SMILES string of the molecule is COC(=O)c1nc(-c2ccccc2Cl)ccc1CBr. The number of benzene rings is 1. The minimum atomic E-state index is -0.455. The molecule has 0 saturated heterocycles. The Labute approximate surface area is 124 Å². The minimum Gasteiger partial charge on any atom is -0.464 e. The molecule has 0 radical (unpaired) electrons. The van der Waals surface area contributed by atoms with Crippen molar-refractivity contribution in [1.82, 2.24) is 4.98 Å². The molecule has 0 unspecified atom stereocenters. The first-order valence-electron chi connectivity index (χ1n) is 5.56. The number of nitrogens with zero attached hydrogens (tertiary/aromatic N) is 1. The maximum atomic E-state index is 11.7. The molecule has 0 bridgehead atoms. The van der Waals surface area contributed by atoms with Crippen LogP contribution in [-0.2, 0) is 10.1 Å². The molecule has 2 aromatic rings. The van der Waals surface area contributed by atoms with Crippen LogP contribution < -0.4 is 0 Å². The van der Waals surface area contributed by atoms with Gasteiger partial charge in [-0.25, -0.2) is 9.78 Å². The van der Waals surface area contributed by atoms with E-state index < -0.39 is 5.97 Å². The number of hydrogen-bond acceptors (Lipinski definition) is 3. The summed E-state index contributed by atoms with van der Waals surface area (Å²) in [5.74, 6) is -0.455. The van der Waals surface area contributed by atoms with Crippen molar-refractivity contribution >= 4 is 33.5 Å². The van der Waals surface area contributed by atoms with Gasteiger partial charge < -0.3 is 4.74 Å². The van der Waals surface area contributed by atoms with E-state index in [-0.39, 0.29) is 0 Å². The predicted molar refractivity (Wildman–Crippen MR) is 78.7 cm³/mol. The second-order valence-electron chi connectivity index (χ2n) is 3.81. The third-order valence-corrected chi connectivity index (χ3v) is 3.59. The zero-order valence-corrected chi connectivity index (χ0v) is 12.5. The summed E-state index contributed by atoms with van der Waals surface area (Å²) in [6.07, 6.45) is 0. The number of alkyl halides is 1. The molecule has 1 aromatic carbocycles. The van der Waals surface area contributed by atoms with E-state index in [1.54, 1.807) is 6.07 Å². The van der Waals surface area contributed by atoms with Crippen LogP contribution in [0.3, 0.4) is 0 Å². The summed E-state index contributed by atoms with van der Waals surface area (Å²) in [5, 5.41) is 1.13. The van der Waals surface area contributed by atoms with E-state index in [1.807, 2.05) is 30.3 Å². The maximum absolute atomic E-state index is 11.7. The monoisotopic (exact) mass is 339 g/mol. The molecule has 1 aromatic heterocycles. The third-order valence-electron chi connectivity index (χ3n) is 2.65. The van der Waals surface area contributed by atoms with Gasteiger partial charge in [-0.3, -0.25) is 0 Å². The van der Waals surface area contributed by atoms with Crippen molar-refractivity contribution in [3.8, 4) is 11.3 Å². The molecule has 0 aliphatic heterocycles. The normalized spacial score (nSPS) is 10.3. The molecule has 0 spiro atoms. The standard InChI is InChI=1S/C14H11BrClNO2/c1-19-14(18)13-9(8-15)6-7-12(17-13)10-4-2-3-5-11(10)16/h2-7H,8H2,1H3. The van der Waals surface area contributed by atoms with Crippen LogP contribution in [0.1, 0.15) is 16.1 Å². The molecule has 0 fully saturated rings. The van der Waals surface area contributed by atoms with E-state index in [2.05, 4.69) is 20.9 Å². The van der Waals surface area contributed by atoms with Gasteiger partial charge in [0, 0.05) is 15.9 Å². The second kappa shape index (κ2) is 6.17. The van der Waals surface area contributed by atoms with E-state index in [0.717, 1.165) is 11.1 Å². The van der Waals surface area contributed by atoms with Crippen LogP contribution in [0.4, 0.5) is 0 Å². The average molecular weight is 341 g/mol. The second-order valence-corrected chi connectivity index (χ2v) is 4.78. The van der Waals surface area contributed by atoms with Gasteiger partial charge in [-0.05, 0) is 17.7 Å². The maximum Gasteiger partial charge on any atom is 0.356 e. The number of rotatable bonds is 3. The van der Waals surface area contributed by atoms with Crippen LogP contribution >= 0.6 is 27.5 Å². The Balaban J connectivity index is 2.55. The molecule has 1 heterocycles. The van der Waals surface area contributed by atoms with Crippen LogP contribution in [-0.4, -0.2) is 18.1 Å². The number of halogens is 2. The highest BCUT2D eigenvalue weighted by molar-refractivity contribution is 9.08. The number of pyridine rings is 1. The Kier molecular flexibility index (Phi) is 4.56. The van der Waals surface area contributed by atoms with Gasteiger partial charge in [0.1, 0.15) is 0 Å². The van der Waals surface area contributed by atoms with Crippen molar-refractivity contribution in [3.63, 3.8) is 0 Å². The molecule has 0 saturated carbocycles. The zero-order chi connectivity index (χ0) is 13.8. The fourth-order valence-electron chi connectivity index (χ4n) is 1.69. The molecule has 0 N–H and O–H groups in total. The summed E-state index contributed by atoms with van der Waals surface area (Å²) in [7, 11) is 1.34. The van der Waals surface area contributed by atoms with E-state index in [0.29, 0.717) is 21.7 Å². The van der Waals surface area contributed by atoms with Crippen LogP contribution in [0, 0.1) is 0 Å². The molecule has 19 heavy (non-hydrogen) atoms. The molecule has 0 aliphatic rings. The fraction of sp³-hybridized carbons (Fsp3) is 0.143. The number of esters is 1. The summed E-state index contributed by atoms with van der Waals surface area (Å²) in [4.78, 5) is 16.1. The fourth-order valence-corrected chi connectivity index (χ4v) is 2.37. The first-order valence-corrected chi connectivity index (χ1v) is 7.06. The van der Waals surface area contributed by atoms with Gasteiger partial charge in [0.15, 0.2) is 5.69 Å². The number of carbonyl (C=O) groups is 1. The first-order chi connectivity index (χ1) is 9.17. The first kappa shape index (κ1) is 14.0. The number of ether oxygens (including phenoxy) is 1. The highest BCUT2D eigenvalue weighted by atomic mass is 79.9. The average Bonchev–Trinajstić information content (AvgIpc) is 2.46. The summed E-state index contributed by atoms with van der Waals surface area (Å²) < 4.78 is 4.74. The van der Waals surface area contributed by atoms with Gasteiger partial charge in [-0.1, -0.05) is 51.8 Å². The van der Waals surface area contributed by atoms with E-state index in [4.69, 9.17) is 16.3 Å². The van der Waals surface area contributed by atoms with Gasteiger partial charge in [-0.2, -0.15) is 0 Å². The van der Waals surface area contributed by atoms with Crippen molar-refractivity contribution in [2.24, 2.45) is 0 Å². The van der Waals surface area contributed by atoms with Crippen molar-refractivity contribution in [3.05, 3.63) is 52.7 Å². The van der Waals surface area contributed by atoms with Crippen molar-refractivity contribution in [2.45, 2.75) is 5.33 Å². The van der Waals surface area contributed by atoms with Crippen LogP contribution in [0.25, 0.3) is 11.3 Å². The molecule has 2 rings (SSSR count). The van der Waals surface area contributed by atoms with E-state index >= 15 is 0 Å². The summed E-state index contributed by atoms with van der Waals surface area (Å²) in [6, 6.07) is 11.0. The molecule has 0 amide bonds. The quantitative estimate of drug-likeness (QED) is 0.624. The minimum absolute atomic E-state index is 0.303. The van der Waals surface area contributed by atoms with Crippen LogP contribution in [0.2, 0.25) is 5.02 Å². The smallest absolute Gasteiger partial charge is 0.356 e. The molecule has 5 heteroatoms. The molecular formula is C14H11BrClNO2. The van der Waals surface area contributed by atoms with Crippen LogP contribution in [0.5, 0.6) is 0 Å². The Bertz CT molecular complexity index is 616. The number of aromatic nitrogens is 1. The van der Waals surface area contributed by atoms with Gasteiger partial charge in [0.2, 0.25) is 0 Å². The Hall–Kier alpha value is -1.39. The predicted octanol–water partition coefficient (Wildman–Crippen LogP) is 4.08. The van der Waals surface area contributed by atoms with Gasteiger partial charge in [0.05, 0.1) is 12.8 Å². The Morgan fingerprint density at radius 1 is 1.32 bits per heavy atom. The Morgan fingerprint density at radius 2 is 2.05 bits per heavy atom. The number of carbonyl (C=O) groups excluding carboxylic acids is 1. The lowest BCUT2D eigenvalue weighted by atomic mass is 10.1. The third kappa shape index (κ3) is 2.96. The van der Waals surface area contributed by atoms with Crippen molar-refractivity contribution in [2.75, 3.05) is 7.11 Å². The van der Waals surface area contributed by atoms with Crippen molar-refractivity contribution in [1.29, 1.82) is 0 Å². The lowest BCUT2D eigenvalue weighted by molar-refractivity contribution is 0.0593. The Morgan fingerprint density at radius 3 is 2.68 bits per heavy atom. The molecule has 98 valence electrons. The molecule has 0 atom stereocenters. The number of hydrogen-bond donors (Lipinski definition) is 0. The molecule has 3 nitrogen and oxygen atoms in total. The number of methoxy groups -OCH3 is 1. The summed E-state index contributed by atoms with van der Waals surface area (Å²) in [5.41, 5.74) is 2.52. The lowest BCUT2D eigenvalue weighted by Gasteiger charge is -2.08. The van der Waals surface area contributed by atoms with E-state index in [9.17, 15) is 4.79 Å². The largest absolute Gasteiger partial charge is 0.464 e. The van der Waals surface area contributed by atoms with E-state index in [1.165, 1.54) is 7.11 Å². The van der Waals surface area contributed by atoms with Crippen molar-refractivity contribution < 1.29 is 9.53 Å².